The molecule has 150 valence electrons. The van der Waals surface area contributed by atoms with Gasteiger partial charge in [0, 0.05) is 30.2 Å². The molecular formula is C18H23N5O4S. The van der Waals surface area contributed by atoms with Crippen molar-refractivity contribution >= 4 is 29.2 Å². The van der Waals surface area contributed by atoms with Gasteiger partial charge in [0.1, 0.15) is 5.01 Å². The van der Waals surface area contributed by atoms with E-state index in [1.807, 2.05) is 0 Å². The lowest BCUT2D eigenvalue weighted by Crippen LogP contribution is -2.48. The Kier molecular flexibility index (Phi) is 6.40. The summed E-state index contributed by atoms with van der Waals surface area (Å²) < 4.78 is 6.77. The van der Waals surface area contributed by atoms with Crippen molar-refractivity contribution in [2.45, 2.75) is 51.2 Å². The maximum Gasteiger partial charge on any atom is 0.358 e. The maximum atomic E-state index is 12.2. The second kappa shape index (κ2) is 8.96. The molecule has 0 spiro atoms. The molecule has 10 heteroatoms. The second-order valence-corrected chi connectivity index (χ2v) is 7.64. The van der Waals surface area contributed by atoms with Gasteiger partial charge in [-0.15, -0.1) is 11.3 Å². The van der Waals surface area contributed by atoms with Crippen LogP contribution in [0.1, 0.15) is 49.5 Å². The van der Waals surface area contributed by atoms with E-state index in [2.05, 4.69) is 20.7 Å². The molecule has 1 aliphatic rings. The van der Waals surface area contributed by atoms with Crippen molar-refractivity contribution in [2.75, 3.05) is 0 Å². The zero-order valence-corrected chi connectivity index (χ0v) is 16.6. The maximum absolute atomic E-state index is 12.2. The minimum Gasteiger partial charge on any atom is -0.448 e. The van der Waals surface area contributed by atoms with E-state index in [1.165, 1.54) is 24.7 Å². The van der Waals surface area contributed by atoms with E-state index < -0.39 is 24.0 Å². The molecule has 3 amide bonds. The minimum atomic E-state index is -1.12. The van der Waals surface area contributed by atoms with Crippen LogP contribution in [0.3, 0.4) is 0 Å². The van der Waals surface area contributed by atoms with Crippen LogP contribution >= 0.6 is 11.3 Å². The Morgan fingerprint density at radius 3 is 2.71 bits per heavy atom. The van der Waals surface area contributed by atoms with Crippen LogP contribution in [0.15, 0.2) is 17.8 Å². The Hall–Kier alpha value is -2.75. The number of thiazole rings is 1. The number of carbonyl (C=O) groups is 3. The predicted octanol–water partition coefficient (Wildman–Crippen LogP) is 2.25. The quantitative estimate of drug-likeness (QED) is 0.737. The monoisotopic (exact) mass is 405 g/mol. The van der Waals surface area contributed by atoms with E-state index in [-0.39, 0.29) is 11.7 Å². The number of hydrogen-bond donors (Lipinski definition) is 2. The van der Waals surface area contributed by atoms with Gasteiger partial charge in [-0.25, -0.2) is 14.6 Å². The number of esters is 1. The average Bonchev–Trinajstić information content (AvgIpc) is 3.31. The van der Waals surface area contributed by atoms with E-state index in [4.69, 9.17) is 4.74 Å². The first-order chi connectivity index (χ1) is 13.4. The lowest BCUT2D eigenvalue weighted by Gasteiger charge is -2.23. The molecule has 28 heavy (non-hydrogen) atoms. The number of aryl methyl sites for hydroxylation is 1. The third-order valence-corrected chi connectivity index (χ3v) is 5.39. The van der Waals surface area contributed by atoms with Gasteiger partial charge in [0.2, 0.25) is 0 Å². The fourth-order valence-corrected chi connectivity index (χ4v) is 3.75. The van der Waals surface area contributed by atoms with Gasteiger partial charge in [-0.3, -0.25) is 14.8 Å². The first-order valence-corrected chi connectivity index (χ1v) is 10.1. The molecule has 1 aliphatic carbocycles. The number of urea groups is 1. The molecule has 1 saturated carbocycles. The van der Waals surface area contributed by atoms with Gasteiger partial charge in [-0.05, 0) is 19.8 Å². The van der Waals surface area contributed by atoms with Crippen LogP contribution in [0.5, 0.6) is 0 Å². The van der Waals surface area contributed by atoms with Gasteiger partial charge >= 0.3 is 12.0 Å². The summed E-state index contributed by atoms with van der Waals surface area (Å²) in [7, 11) is 1.79. The average molecular weight is 405 g/mol. The largest absolute Gasteiger partial charge is 0.448 e. The molecule has 1 fully saturated rings. The zero-order valence-electron chi connectivity index (χ0n) is 15.8. The zero-order chi connectivity index (χ0) is 20.1. The van der Waals surface area contributed by atoms with Crippen LogP contribution in [0.2, 0.25) is 0 Å². The van der Waals surface area contributed by atoms with Crippen LogP contribution in [-0.2, 0) is 16.6 Å². The van der Waals surface area contributed by atoms with Gasteiger partial charge in [-0.2, -0.15) is 5.10 Å². The minimum absolute atomic E-state index is 0.0836. The molecule has 3 rings (SSSR count). The molecule has 0 aliphatic heterocycles. The SMILES string of the molecule is CC(OC(=O)c1csc(-c2cnn(C)c2)n1)C(=O)NC(=O)NC1CCCCC1. The summed E-state index contributed by atoms with van der Waals surface area (Å²) in [5, 5.41) is 11.3. The molecule has 2 N–H and O–H groups in total. The molecule has 0 radical (unpaired) electrons. The smallest absolute Gasteiger partial charge is 0.358 e. The number of hydrogen-bond acceptors (Lipinski definition) is 7. The number of nitrogens with one attached hydrogen (secondary N) is 2. The summed E-state index contributed by atoms with van der Waals surface area (Å²) in [5.41, 5.74) is 0.895. The highest BCUT2D eigenvalue weighted by Gasteiger charge is 2.24. The van der Waals surface area contributed by atoms with Gasteiger partial charge in [-0.1, -0.05) is 19.3 Å². The number of carbonyl (C=O) groups excluding carboxylic acids is 3. The molecule has 2 heterocycles. The summed E-state index contributed by atoms with van der Waals surface area (Å²) in [6.45, 7) is 1.41. The van der Waals surface area contributed by atoms with Crippen molar-refractivity contribution in [2.24, 2.45) is 7.05 Å². The van der Waals surface area contributed by atoms with E-state index in [1.54, 1.807) is 29.5 Å². The summed E-state index contributed by atoms with van der Waals surface area (Å²) >= 11 is 1.28. The topological polar surface area (TPSA) is 115 Å². The Morgan fingerprint density at radius 2 is 2.04 bits per heavy atom. The standard InChI is InChI=1S/C18H23N5O4S/c1-11(15(24)22-18(26)20-13-6-4-3-5-7-13)27-17(25)14-10-28-16(21-14)12-8-19-23(2)9-12/h8-11,13H,3-7H2,1-2H3,(H2,20,22,24,26). The lowest BCUT2D eigenvalue weighted by molar-refractivity contribution is -0.127. The van der Waals surface area contributed by atoms with Gasteiger partial charge < -0.3 is 10.1 Å². The van der Waals surface area contributed by atoms with E-state index in [9.17, 15) is 14.4 Å². The fourth-order valence-electron chi connectivity index (χ4n) is 2.99. The normalized spacial score (nSPS) is 15.6. The summed E-state index contributed by atoms with van der Waals surface area (Å²) in [4.78, 5) is 40.5. The Labute approximate surface area is 166 Å². The highest BCUT2D eigenvalue weighted by atomic mass is 32.1. The van der Waals surface area contributed by atoms with E-state index in [0.717, 1.165) is 31.2 Å². The molecule has 2 aromatic heterocycles. The Bertz CT molecular complexity index is 856. The summed E-state index contributed by atoms with van der Waals surface area (Å²) in [6, 6.07) is -0.479. The molecule has 2 aromatic rings. The number of ether oxygens (including phenoxy) is 1. The van der Waals surface area contributed by atoms with Crippen LogP contribution < -0.4 is 10.6 Å². The number of rotatable bonds is 5. The van der Waals surface area contributed by atoms with Crippen LogP contribution in [-0.4, -0.2) is 44.8 Å². The van der Waals surface area contributed by atoms with Gasteiger partial charge in [0.15, 0.2) is 11.8 Å². The highest BCUT2D eigenvalue weighted by Crippen LogP contribution is 2.23. The van der Waals surface area contributed by atoms with Crippen LogP contribution in [0, 0.1) is 0 Å². The lowest BCUT2D eigenvalue weighted by atomic mass is 9.96. The van der Waals surface area contributed by atoms with Crippen LogP contribution in [0.4, 0.5) is 4.79 Å². The van der Waals surface area contributed by atoms with Crippen molar-refractivity contribution in [1.29, 1.82) is 0 Å². The van der Waals surface area contributed by atoms with Crippen molar-refractivity contribution in [1.82, 2.24) is 25.4 Å². The molecule has 0 aromatic carbocycles. The number of nitrogens with zero attached hydrogens (tertiary/aromatic N) is 3. The molecule has 0 bridgehead atoms. The second-order valence-electron chi connectivity index (χ2n) is 6.79. The summed E-state index contributed by atoms with van der Waals surface area (Å²) in [5.74, 6) is -1.40. The van der Waals surface area contributed by atoms with E-state index >= 15 is 0 Å². The molecular weight excluding hydrogens is 382 g/mol. The van der Waals surface area contributed by atoms with Gasteiger partial charge in [0.05, 0.1) is 6.20 Å². The van der Waals surface area contributed by atoms with Crippen molar-refractivity contribution in [3.63, 3.8) is 0 Å². The first kappa shape index (κ1) is 20.0. The molecule has 1 atom stereocenters. The highest BCUT2D eigenvalue weighted by molar-refractivity contribution is 7.13. The first-order valence-electron chi connectivity index (χ1n) is 9.19. The van der Waals surface area contributed by atoms with Crippen molar-refractivity contribution in [3.05, 3.63) is 23.5 Å². The fraction of sp³-hybridized carbons (Fsp3) is 0.500. The van der Waals surface area contributed by atoms with Crippen LogP contribution in [0.25, 0.3) is 10.6 Å². The number of amides is 3. The van der Waals surface area contributed by atoms with Crippen molar-refractivity contribution < 1.29 is 19.1 Å². The summed E-state index contributed by atoms with van der Waals surface area (Å²) in [6.07, 6.45) is 7.45. The van der Waals surface area contributed by atoms with Gasteiger partial charge in [0.25, 0.3) is 5.91 Å². The predicted molar refractivity (Wildman–Crippen MR) is 103 cm³/mol. The van der Waals surface area contributed by atoms with Crippen molar-refractivity contribution in [3.8, 4) is 10.6 Å². The molecule has 1 unspecified atom stereocenters. The molecule has 0 saturated heterocycles. The molecule has 9 nitrogen and oxygen atoms in total. The number of imide groups is 1. The third-order valence-electron chi connectivity index (χ3n) is 4.50. The van der Waals surface area contributed by atoms with E-state index in [0.29, 0.717) is 5.01 Å². The Balaban J connectivity index is 1.50. The number of aromatic nitrogens is 3. The third kappa shape index (κ3) is 5.16. The Morgan fingerprint density at radius 1 is 1.29 bits per heavy atom.